The molecule has 0 saturated heterocycles. The standard InChI is InChI=1S/C16H24N4O/c1-6-18-14(21)10(2)20-13-8-7-11(17)9-12(13)19-15(20)16(3,4)5/h7-10H,6,17H2,1-5H3,(H,18,21). The van der Waals surface area contributed by atoms with E-state index in [1.807, 2.05) is 36.6 Å². The number of benzene rings is 1. The topological polar surface area (TPSA) is 72.9 Å². The first-order valence-electron chi connectivity index (χ1n) is 7.31. The third kappa shape index (κ3) is 2.86. The monoisotopic (exact) mass is 288 g/mol. The summed E-state index contributed by atoms with van der Waals surface area (Å²) in [5, 5.41) is 2.88. The zero-order valence-electron chi connectivity index (χ0n) is 13.4. The predicted molar refractivity (Wildman–Crippen MR) is 86.2 cm³/mol. The Morgan fingerprint density at radius 3 is 2.67 bits per heavy atom. The molecule has 21 heavy (non-hydrogen) atoms. The summed E-state index contributed by atoms with van der Waals surface area (Å²) in [6.07, 6.45) is 0. The largest absolute Gasteiger partial charge is 0.399 e. The number of aromatic nitrogens is 2. The average molecular weight is 288 g/mol. The van der Waals surface area contributed by atoms with Gasteiger partial charge in [0.25, 0.3) is 0 Å². The highest BCUT2D eigenvalue weighted by molar-refractivity contribution is 5.85. The molecule has 1 amide bonds. The van der Waals surface area contributed by atoms with Gasteiger partial charge in [-0.05, 0) is 32.0 Å². The number of amides is 1. The first-order valence-corrected chi connectivity index (χ1v) is 7.31. The number of hydrogen-bond acceptors (Lipinski definition) is 3. The highest BCUT2D eigenvalue weighted by atomic mass is 16.2. The van der Waals surface area contributed by atoms with Crippen LogP contribution in [0.5, 0.6) is 0 Å². The van der Waals surface area contributed by atoms with E-state index in [1.54, 1.807) is 0 Å². The smallest absolute Gasteiger partial charge is 0.242 e. The molecule has 1 aromatic carbocycles. The van der Waals surface area contributed by atoms with E-state index in [0.29, 0.717) is 12.2 Å². The van der Waals surface area contributed by atoms with Crippen molar-refractivity contribution >= 4 is 22.6 Å². The minimum Gasteiger partial charge on any atom is -0.399 e. The van der Waals surface area contributed by atoms with E-state index in [9.17, 15) is 4.79 Å². The van der Waals surface area contributed by atoms with Gasteiger partial charge < -0.3 is 15.6 Å². The van der Waals surface area contributed by atoms with Crippen molar-refractivity contribution in [1.29, 1.82) is 0 Å². The van der Waals surface area contributed by atoms with Crippen LogP contribution in [0.3, 0.4) is 0 Å². The van der Waals surface area contributed by atoms with Crippen LogP contribution in [0, 0.1) is 0 Å². The van der Waals surface area contributed by atoms with Crippen molar-refractivity contribution in [2.24, 2.45) is 0 Å². The molecule has 2 aromatic rings. The Hall–Kier alpha value is -2.04. The molecular formula is C16H24N4O. The number of nitrogens with one attached hydrogen (secondary N) is 1. The fraction of sp³-hybridized carbons (Fsp3) is 0.500. The summed E-state index contributed by atoms with van der Waals surface area (Å²) < 4.78 is 2.01. The minimum absolute atomic E-state index is 0.000810. The van der Waals surface area contributed by atoms with Gasteiger partial charge in [0.15, 0.2) is 0 Å². The van der Waals surface area contributed by atoms with Crippen molar-refractivity contribution in [3.05, 3.63) is 24.0 Å². The molecule has 114 valence electrons. The molecule has 0 fully saturated rings. The summed E-state index contributed by atoms with van der Waals surface area (Å²) in [5.74, 6) is 0.890. The SMILES string of the molecule is CCNC(=O)C(C)n1c(C(C)(C)C)nc2cc(N)ccc21. The van der Waals surface area contributed by atoms with E-state index >= 15 is 0 Å². The van der Waals surface area contributed by atoms with Crippen molar-refractivity contribution in [2.45, 2.75) is 46.1 Å². The van der Waals surface area contributed by atoms with Crippen LogP contribution in [0.4, 0.5) is 5.69 Å². The Morgan fingerprint density at radius 1 is 1.43 bits per heavy atom. The zero-order chi connectivity index (χ0) is 15.8. The number of rotatable bonds is 3. The minimum atomic E-state index is -0.312. The van der Waals surface area contributed by atoms with Crippen LogP contribution in [0.2, 0.25) is 0 Å². The van der Waals surface area contributed by atoms with Crippen molar-refractivity contribution in [3.8, 4) is 0 Å². The van der Waals surface area contributed by atoms with Crippen LogP contribution in [0.1, 0.15) is 46.5 Å². The van der Waals surface area contributed by atoms with Gasteiger partial charge in [-0.15, -0.1) is 0 Å². The third-order valence-corrected chi connectivity index (χ3v) is 3.50. The molecular weight excluding hydrogens is 264 g/mol. The molecule has 0 spiro atoms. The summed E-state index contributed by atoms with van der Waals surface area (Å²) >= 11 is 0. The van der Waals surface area contributed by atoms with Crippen molar-refractivity contribution in [2.75, 3.05) is 12.3 Å². The Balaban J connectivity index is 2.66. The van der Waals surface area contributed by atoms with Crippen LogP contribution in [-0.2, 0) is 10.2 Å². The maximum atomic E-state index is 12.2. The number of fused-ring (bicyclic) bond motifs is 1. The summed E-state index contributed by atoms with van der Waals surface area (Å²) in [6.45, 7) is 10.7. The van der Waals surface area contributed by atoms with Gasteiger partial charge in [-0.25, -0.2) is 4.98 Å². The Bertz CT molecular complexity index is 667. The third-order valence-electron chi connectivity index (χ3n) is 3.50. The summed E-state index contributed by atoms with van der Waals surface area (Å²) in [5.41, 5.74) is 8.14. The first kappa shape index (κ1) is 15.4. The number of anilines is 1. The number of nitrogen functional groups attached to an aromatic ring is 1. The summed E-state index contributed by atoms with van der Waals surface area (Å²) in [4.78, 5) is 17.0. The van der Waals surface area contributed by atoms with E-state index in [1.165, 1.54) is 0 Å². The lowest BCUT2D eigenvalue weighted by atomic mass is 9.95. The molecule has 0 radical (unpaired) electrons. The number of hydrogen-bond donors (Lipinski definition) is 2. The molecule has 1 unspecified atom stereocenters. The average Bonchev–Trinajstić information content (AvgIpc) is 2.76. The Labute approximate surface area is 125 Å². The molecule has 0 saturated carbocycles. The second kappa shape index (κ2) is 5.39. The molecule has 5 heteroatoms. The van der Waals surface area contributed by atoms with Gasteiger partial charge in [-0.3, -0.25) is 4.79 Å². The lowest BCUT2D eigenvalue weighted by Gasteiger charge is -2.24. The first-order chi connectivity index (χ1) is 9.75. The maximum absolute atomic E-state index is 12.2. The molecule has 0 bridgehead atoms. The van der Waals surface area contributed by atoms with E-state index < -0.39 is 0 Å². The van der Waals surface area contributed by atoms with E-state index in [2.05, 4.69) is 26.1 Å². The zero-order valence-corrected chi connectivity index (χ0v) is 13.4. The quantitative estimate of drug-likeness (QED) is 0.853. The van der Waals surface area contributed by atoms with E-state index in [0.717, 1.165) is 16.9 Å². The van der Waals surface area contributed by atoms with Gasteiger partial charge in [0.1, 0.15) is 11.9 Å². The fourth-order valence-electron chi connectivity index (χ4n) is 2.48. The van der Waals surface area contributed by atoms with Gasteiger partial charge in [0.2, 0.25) is 5.91 Å². The normalized spacial score (nSPS) is 13.4. The number of nitrogens with zero attached hydrogens (tertiary/aromatic N) is 2. The number of likely N-dealkylation sites (N-methyl/N-ethyl adjacent to an activating group) is 1. The molecule has 0 aliphatic heterocycles. The maximum Gasteiger partial charge on any atom is 0.242 e. The van der Waals surface area contributed by atoms with Crippen molar-refractivity contribution < 1.29 is 4.79 Å². The van der Waals surface area contributed by atoms with Crippen LogP contribution in [0.15, 0.2) is 18.2 Å². The number of carbonyl (C=O) groups is 1. The number of nitrogens with two attached hydrogens (primary N) is 1. The molecule has 0 aliphatic rings. The molecule has 3 N–H and O–H groups in total. The molecule has 1 aromatic heterocycles. The van der Waals surface area contributed by atoms with Gasteiger partial charge in [0, 0.05) is 17.6 Å². The van der Waals surface area contributed by atoms with Crippen LogP contribution >= 0.6 is 0 Å². The van der Waals surface area contributed by atoms with Gasteiger partial charge in [-0.2, -0.15) is 0 Å². The molecule has 1 atom stereocenters. The molecule has 1 heterocycles. The van der Waals surface area contributed by atoms with Gasteiger partial charge in [0.05, 0.1) is 11.0 Å². The van der Waals surface area contributed by atoms with Gasteiger partial charge in [-0.1, -0.05) is 20.8 Å². The lowest BCUT2D eigenvalue weighted by Crippen LogP contribution is -2.33. The number of imidazole rings is 1. The highest BCUT2D eigenvalue weighted by Gasteiger charge is 2.27. The van der Waals surface area contributed by atoms with Crippen LogP contribution in [0.25, 0.3) is 11.0 Å². The molecule has 2 rings (SSSR count). The summed E-state index contributed by atoms with van der Waals surface area (Å²) in [6, 6.07) is 5.32. The highest BCUT2D eigenvalue weighted by Crippen LogP contribution is 2.30. The second-order valence-electron chi connectivity index (χ2n) is 6.37. The van der Waals surface area contributed by atoms with Gasteiger partial charge >= 0.3 is 0 Å². The fourth-order valence-corrected chi connectivity index (χ4v) is 2.48. The van der Waals surface area contributed by atoms with E-state index in [-0.39, 0.29) is 17.4 Å². The molecule has 5 nitrogen and oxygen atoms in total. The van der Waals surface area contributed by atoms with Crippen molar-refractivity contribution in [3.63, 3.8) is 0 Å². The van der Waals surface area contributed by atoms with Crippen LogP contribution < -0.4 is 11.1 Å². The Morgan fingerprint density at radius 2 is 2.10 bits per heavy atom. The predicted octanol–water partition coefficient (Wildman–Crippen LogP) is 2.61. The number of carbonyl (C=O) groups excluding carboxylic acids is 1. The van der Waals surface area contributed by atoms with Crippen LogP contribution in [-0.4, -0.2) is 22.0 Å². The van der Waals surface area contributed by atoms with E-state index in [4.69, 9.17) is 10.7 Å². The summed E-state index contributed by atoms with van der Waals surface area (Å²) in [7, 11) is 0. The Kier molecular flexibility index (Phi) is 3.94. The molecule has 0 aliphatic carbocycles. The second-order valence-corrected chi connectivity index (χ2v) is 6.37. The lowest BCUT2D eigenvalue weighted by molar-refractivity contribution is -0.123. The van der Waals surface area contributed by atoms with Crippen molar-refractivity contribution in [1.82, 2.24) is 14.9 Å².